The van der Waals surface area contributed by atoms with Crippen molar-refractivity contribution >= 4 is 12.0 Å². The Morgan fingerprint density at radius 1 is 1.42 bits per heavy atom. The Morgan fingerprint density at radius 2 is 2.21 bits per heavy atom. The molecule has 1 amide bonds. The Hall–Kier alpha value is -2.98. The van der Waals surface area contributed by atoms with Crippen LogP contribution in [0, 0.1) is 11.3 Å². The van der Waals surface area contributed by atoms with Crippen LogP contribution < -0.4 is 5.32 Å². The average Bonchev–Trinajstić information content (AvgIpc) is 3.08. The van der Waals surface area contributed by atoms with Crippen LogP contribution in [0.25, 0.3) is 11.8 Å². The summed E-state index contributed by atoms with van der Waals surface area (Å²) >= 11 is 0. The van der Waals surface area contributed by atoms with E-state index in [1.165, 1.54) is 17.1 Å². The third-order valence-corrected chi connectivity index (χ3v) is 3.11. The topological polar surface area (TPSA) is 92.8 Å². The average molecular weight is 325 g/mol. The number of aromatic nitrogens is 3. The number of rotatable bonds is 8. The fourth-order valence-electron chi connectivity index (χ4n) is 1.94. The van der Waals surface area contributed by atoms with Crippen LogP contribution in [0.5, 0.6) is 0 Å². The molecule has 1 heterocycles. The van der Waals surface area contributed by atoms with E-state index in [0.717, 1.165) is 5.69 Å². The number of nitriles is 1. The molecule has 0 aliphatic heterocycles. The molecule has 0 unspecified atom stereocenters. The van der Waals surface area contributed by atoms with E-state index in [4.69, 9.17) is 10.00 Å². The molecule has 1 aromatic heterocycles. The van der Waals surface area contributed by atoms with Crippen LogP contribution in [0.15, 0.2) is 42.1 Å². The van der Waals surface area contributed by atoms with Gasteiger partial charge in [0.05, 0.1) is 11.9 Å². The van der Waals surface area contributed by atoms with Gasteiger partial charge in [-0.15, -0.1) is 5.10 Å². The molecule has 2 rings (SSSR count). The molecule has 0 aliphatic carbocycles. The van der Waals surface area contributed by atoms with E-state index >= 15 is 0 Å². The largest absolute Gasteiger partial charge is 0.382 e. The second-order valence-electron chi connectivity index (χ2n) is 4.87. The fraction of sp³-hybridized carbons (Fsp3) is 0.294. The van der Waals surface area contributed by atoms with Gasteiger partial charge in [-0.25, -0.2) is 0 Å². The molecular formula is C17H19N5O2. The molecule has 0 spiro atoms. The van der Waals surface area contributed by atoms with E-state index in [0.29, 0.717) is 31.9 Å². The summed E-state index contributed by atoms with van der Waals surface area (Å²) in [5.74, 6) is -0.428. The van der Waals surface area contributed by atoms with E-state index in [-0.39, 0.29) is 5.57 Å². The third kappa shape index (κ3) is 5.04. The lowest BCUT2D eigenvalue weighted by Gasteiger charge is -2.04. The van der Waals surface area contributed by atoms with Gasteiger partial charge in [-0.05, 0) is 31.6 Å². The molecule has 0 saturated carbocycles. The highest BCUT2D eigenvalue weighted by Gasteiger charge is 2.10. The monoisotopic (exact) mass is 325 g/mol. The zero-order chi connectivity index (χ0) is 17.2. The van der Waals surface area contributed by atoms with Gasteiger partial charge < -0.3 is 10.1 Å². The lowest BCUT2D eigenvalue weighted by atomic mass is 10.2. The summed E-state index contributed by atoms with van der Waals surface area (Å²) in [6, 6.07) is 11.3. The SMILES string of the molecule is CCOCCCNC(=O)/C(C#N)=C\c1cnn(-c2ccccc2)n1. The van der Waals surface area contributed by atoms with Gasteiger partial charge in [-0.2, -0.15) is 15.2 Å². The minimum Gasteiger partial charge on any atom is -0.382 e. The maximum absolute atomic E-state index is 12.0. The second-order valence-corrected chi connectivity index (χ2v) is 4.87. The normalized spacial score (nSPS) is 11.1. The van der Waals surface area contributed by atoms with Crippen molar-refractivity contribution in [3.63, 3.8) is 0 Å². The minimum atomic E-state index is -0.428. The number of carbonyl (C=O) groups is 1. The summed E-state index contributed by atoms with van der Waals surface area (Å²) in [6.45, 7) is 3.59. The highest BCUT2D eigenvalue weighted by molar-refractivity contribution is 6.01. The molecule has 0 saturated heterocycles. The van der Waals surface area contributed by atoms with Crippen LogP contribution >= 0.6 is 0 Å². The number of hydrogen-bond acceptors (Lipinski definition) is 5. The molecule has 0 aliphatic rings. The van der Waals surface area contributed by atoms with Crippen molar-refractivity contribution < 1.29 is 9.53 Å². The van der Waals surface area contributed by atoms with E-state index in [1.54, 1.807) is 0 Å². The summed E-state index contributed by atoms with van der Waals surface area (Å²) in [4.78, 5) is 13.4. The van der Waals surface area contributed by atoms with Crippen LogP contribution in [-0.2, 0) is 9.53 Å². The third-order valence-electron chi connectivity index (χ3n) is 3.11. The van der Waals surface area contributed by atoms with Crippen molar-refractivity contribution in [2.75, 3.05) is 19.8 Å². The predicted molar refractivity (Wildman–Crippen MR) is 89.1 cm³/mol. The van der Waals surface area contributed by atoms with Crippen molar-refractivity contribution in [1.29, 1.82) is 5.26 Å². The van der Waals surface area contributed by atoms with Crippen LogP contribution in [0.2, 0.25) is 0 Å². The summed E-state index contributed by atoms with van der Waals surface area (Å²) in [5.41, 5.74) is 1.24. The van der Waals surface area contributed by atoms with Crippen molar-refractivity contribution in [3.8, 4) is 11.8 Å². The van der Waals surface area contributed by atoms with Crippen LogP contribution in [0.4, 0.5) is 0 Å². The first kappa shape index (κ1) is 17.4. The number of nitrogens with one attached hydrogen (secondary N) is 1. The van der Waals surface area contributed by atoms with E-state index in [1.807, 2.05) is 43.3 Å². The number of nitrogens with zero attached hydrogens (tertiary/aromatic N) is 4. The molecule has 1 aromatic carbocycles. The summed E-state index contributed by atoms with van der Waals surface area (Å²) in [5, 5.41) is 20.2. The number of hydrogen-bond donors (Lipinski definition) is 1. The Morgan fingerprint density at radius 3 is 2.92 bits per heavy atom. The standard InChI is InChI=1S/C17H19N5O2/c1-2-24-10-6-9-19-17(23)14(12-18)11-15-13-20-22(21-15)16-7-4-3-5-8-16/h3-5,7-8,11,13H,2,6,9-10H2,1H3,(H,19,23)/b14-11-. The number of amides is 1. The van der Waals surface area contributed by atoms with Gasteiger partial charge >= 0.3 is 0 Å². The summed E-state index contributed by atoms with van der Waals surface area (Å²) in [6.07, 6.45) is 3.62. The van der Waals surface area contributed by atoms with Crippen molar-refractivity contribution in [2.24, 2.45) is 0 Å². The van der Waals surface area contributed by atoms with Gasteiger partial charge in [-0.3, -0.25) is 4.79 Å². The lowest BCUT2D eigenvalue weighted by molar-refractivity contribution is -0.117. The van der Waals surface area contributed by atoms with Gasteiger partial charge in [0.2, 0.25) is 0 Å². The van der Waals surface area contributed by atoms with E-state index in [9.17, 15) is 4.79 Å². The van der Waals surface area contributed by atoms with Crippen LogP contribution in [-0.4, -0.2) is 40.7 Å². The molecule has 1 N–H and O–H groups in total. The molecular weight excluding hydrogens is 306 g/mol. The molecule has 0 fully saturated rings. The van der Waals surface area contributed by atoms with Gasteiger partial charge in [0.15, 0.2) is 0 Å². The molecule has 124 valence electrons. The van der Waals surface area contributed by atoms with Gasteiger partial charge in [0.25, 0.3) is 5.91 Å². The zero-order valence-corrected chi connectivity index (χ0v) is 13.5. The molecule has 0 radical (unpaired) electrons. The Balaban J connectivity index is 1.99. The lowest BCUT2D eigenvalue weighted by Crippen LogP contribution is -2.26. The molecule has 0 atom stereocenters. The first-order valence-corrected chi connectivity index (χ1v) is 7.70. The quantitative estimate of drug-likeness (QED) is 0.453. The number of carbonyl (C=O) groups excluding carboxylic acids is 1. The number of ether oxygens (including phenoxy) is 1. The summed E-state index contributed by atoms with van der Waals surface area (Å²) in [7, 11) is 0. The Bertz CT molecular complexity index is 731. The number of benzene rings is 1. The molecule has 0 bridgehead atoms. The smallest absolute Gasteiger partial charge is 0.262 e. The Kier molecular flexibility index (Phi) is 6.68. The van der Waals surface area contributed by atoms with E-state index < -0.39 is 5.91 Å². The zero-order valence-electron chi connectivity index (χ0n) is 13.5. The first-order chi connectivity index (χ1) is 11.7. The minimum absolute atomic E-state index is 0.00785. The molecule has 7 heteroatoms. The van der Waals surface area contributed by atoms with Gasteiger partial charge in [0.1, 0.15) is 17.3 Å². The highest BCUT2D eigenvalue weighted by atomic mass is 16.5. The van der Waals surface area contributed by atoms with Crippen molar-refractivity contribution in [3.05, 3.63) is 47.8 Å². The molecule has 24 heavy (non-hydrogen) atoms. The second kappa shape index (κ2) is 9.22. The van der Waals surface area contributed by atoms with Crippen LogP contribution in [0.1, 0.15) is 19.0 Å². The van der Waals surface area contributed by atoms with Crippen molar-refractivity contribution in [1.82, 2.24) is 20.3 Å². The maximum atomic E-state index is 12.0. The van der Waals surface area contributed by atoms with Gasteiger partial charge in [0, 0.05) is 19.8 Å². The predicted octanol–water partition coefficient (Wildman–Crippen LogP) is 1.72. The number of para-hydroxylation sites is 1. The van der Waals surface area contributed by atoms with Crippen LogP contribution in [0.3, 0.4) is 0 Å². The van der Waals surface area contributed by atoms with E-state index in [2.05, 4.69) is 15.5 Å². The van der Waals surface area contributed by atoms with Crippen molar-refractivity contribution in [2.45, 2.75) is 13.3 Å². The molecule has 2 aromatic rings. The molecule has 7 nitrogen and oxygen atoms in total. The fourth-order valence-corrected chi connectivity index (χ4v) is 1.94. The first-order valence-electron chi connectivity index (χ1n) is 7.70. The van der Waals surface area contributed by atoms with Gasteiger partial charge in [-0.1, -0.05) is 18.2 Å². The maximum Gasteiger partial charge on any atom is 0.262 e. The highest BCUT2D eigenvalue weighted by Crippen LogP contribution is 2.07. The summed E-state index contributed by atoms with van der Waals surface area (Å²) < 4.78 is 5.19. The Labute approximate surface area is 140 Å².